The Kier molecular flexibility index (Phi) is 4.76. The minimum Gasteiger partial charge on any atom is -0.315 e. The summed E-state index contributed by atoms with van der Waals surface area (Å²) in [5, 5.41) is 6.85. The smallest absolute Gasteiger partial charge is 0.0941 e. The summed E-state index contributed by atoms with van der Waals surface area (Å²) in [6, 6.07) is 0.478. The highest BCUT2D eigenvalue weighted by Crippen LogP contribution is 2.29. The molecule has 4 heteroatoms. The molecule has 0 aliphatic carbocycles. The molecule has 0 saturated carbocycles. The fourth-order valence-electron chi connectivity index (χ4n) is 3.08. The Morgan fingerprint density at radius 1 is 1.50 bits per heavy atom. The Bertz CT molecular complexity index is 346. The van der Waals surface area contributed by atoms with Crippen molar-refractivity contribution in [2.75, 3.05) is 20.1 Å². The molecule has 1 saturated heterocycles. The predicted octanol–water partition coefficient (Wildman–Crippen LogP) is 2.54. The molecule has 2 atom stereocenters. The zero-order valence-electron chi connectivity index (χ0n) is 11.8. The second-order valence-corrected chi connectivity index (χ2v) is 6.36. The number of nitrogens with zero attached hydrogens (tertiary/aromatic N) is 2. The topological polar surface area (TPSA) is 28.2 Å². The lowest BCUT2D eigenvalue weighted by Crippen LogP contribution is -2.58. The molecule has 1 aromatic heterocycles. The average molecular weight is 267 g/mol. The number of likely N-dealkylation sites (N-methyl/N-ethyl adjacent to an activating group) is 1. The van der Waals surface area contributed by atoms with Crippen molar-refractivity contribution in [1.82, 2.24) is 15.2 Å². The number of thiazole rings is 1. The van der Waals surface area contributed by atoms with Crippen LogP contribution in [0.4, 0.5) is 0 Å². The van der Waals surface area contributed by atoms with Crippen LogP contribution in [0.2, 0.25) is 0 Å². The molecule has 0 bridgehead atoms. The van der Waals surface area contributed by atoms with Gasteiger partial charge >= 0.3 is 0 Å². The lowest BCUT2D eigenvalue weighted by Gasteiger charge is -2.44. The van der Waals surface area contributed by atoms with Crippen molar-refractivity contribution in [1.29, 1.82) is 0 Å². The molecule has 1 aliphatic rings. The maximum absolute atomic E-state index is 4.44. The summed E-state index contributed by atoms with van der Waals surface area (Å²) in [5.74, 6) is 0. The molecule has 0 amide bonds. The largest absolute Gasteiger partial charge is 0.315 e. The van der Waals surface area contributed by atoms with Gasteiger partial charge in [-0.2, -0.15) is 0 Å². The van der Waals surface area contributed by atoms with Crippen LogP contribution in [0, 0.1) is 0 Å². The molecule has 1 aliphatic heterocycles. The first kappa shape index (κ1) is 14.0. The summed E-state index contributed by atoms with van der Waals surface area (Å²) in [6.45, 7) is 7.22. The maximum atomic E-state index is 4.44. The van der Waals surface area contributed by atoms with Gasteiger partial charge in [0.05, 0.1) is 5.01 Å². The van der Waals surface area contributed by atoms with E-state index >= 15 is 0 Å². The molecule has 2 unspecified atom stereocenters. The third-order valence-electron chi connectivity index (χ3n) is 4.51. The Morgan fingerprint density at radius 2 is 2.22 bits per heavy atom. The summed E-state index contributed by atoms with van der Waals surface area (Å²) >= 11 is 1.77. The standard InChI is InChI=1S/C14H25N3S/c1-4-14(2,17-8-5-6-9-17)12(15-3)11-13-16-7-10-18-13/h7,10,12,15H,4-6,8-9,11H2,1-3H3. The third-order valence-corrected chi connectivity index (χ3v) is 5.31. The Morgan fingerprint density at radius 3 is 2.72 bits per heavy atom. The second kappa shape index (κ2) is 6.13. The highest BCUT2D eigenvalue weighted by Gasteiger charge is 2.38. The van der Waals surface area contributed by atoms with Crippen LogP contribution in [0.5, 0.6) is 0 Å². The van der Waals surface area contributed by atoms with Gasteiger partial charge < -0.3 is 5.32 Å². The van der Waals surface area contributed by atoms with Crippen molar-refractivity contribution in [3.8, 4) is 0 Å². The summed E-state index contributed by atoms with van der Waals surface area (Å²) < 4.78 is 0. The van der Waals surface area contributed by atoms with Crippen LogP contribution in [0.25, 0.3) is 0 Å². The van der Waals surface area contributed by atoms with E-state index in [0.29, 0.717) is 6.04 Å². The number of rotatable bonds is 6. The first-order valence-corrected chi connectivity index (χ1v) is 7.89. The van der Waals surface area contributed by atoms with Crippen molar-refractivity contribution < 1.29 is 0 Å². The van der Waals surface area contributed by atoms with Gasteiger partial charge in [0.2, 0.25) is 0 Å². The van der Waals surface area contributed by atoms with Crippen LogP contribution in [-0.2, 0) is 6.42 Å². The van der Waals surface area contributed by atoms with Gasteiger partial charge in [-0.15, -0.1) is 11.3 Å². The molecule has 2 rings (SSSR count). The molecule has 3 nitrogen and oxygen atoms in total. The van der Waals surface area contributed by atoms with Gasteiger partial charge in [-0.25, -0.2) is 4.98 Å². The van der Waals surface area contributed by atoms with Crippen LogP contribution >= 0.6 is 11.3 Å². The number of hydrogen-bond donors (Lipinski definition) is 1. The third kappa shape index (κ3) is 2.76. The SMILES string of the molecule is CCC(C)(C(Cc1nccs1)NC)N1CCCC1. The van der Waals surface area contributed by atoms with Gasteiger partial charge in [0.1, 0.15) is 0 Å². The molecule has 1 N–H and O–H groups in total. The van der Waals surface area contributed by atoms with Crippen LogP contribution < -0.4 is 5.32 Å². The fraction of sp³-hybridized carbons (Fsp3) is 0.786. The summed E-state index contributed by atoms with van der Waals surface area (Å²) in [5.41, 5.74) is 0.247. The predicted molar refractivity (Wildman–Crippen MR) is 78.2 cm³/mol. The van der Waals surface area contributed by atoms with E-state index in [9.17, 15) is 0 Å². The van der Waals surface area contributed by atoms with Crippen LogP contribution in [0.1, 0.15) is 38.1 Å². The van der Waals surface area contributed by atoms with Gasteiger partial charge in [-0.1, -0.05) is 6.92 Å². The van der Waals surface area contributed by atoms with Crippen LogP contribution in [0.15, 0.2) is 11.6 Å². The van der Waals surface area contributed by atoms with Crippen molar-refractivity contribution in [2.24, 2.45) is 0 Å². The van der Waals surface area contributed by atoms with E-state index in [1.54, 1.807) is 11.3 Å². The molecule has 0 spiro atoms. The molecule has 2 heterocycles. The molecule has 1 aromatic rings. The molecule has 0 aromatic carbocycles. The second-order valence-electron chi connectivity index (χ2n) is 5.38. The van der Waals surface area contributed by atoms with Crippen LogP contribution in [-0.4, -0.2) is 41.6 Å². The molecule has 0 radical (unpaired) electrons. The van der Waals surface area contributed by atoms with E-state index < -0.39 is 0 Å². The summed E-state index contributed by atoms with van der Waals surface area (Å²) in [4.78, 5) is 7.11. The highest BCUT2D eigenvalue weighted by molar-refractivity contribution is 7.09. The van der Waals surface area contributed by atoms with Gasteiger partial charge in [-0.3, -0.25) is 4.90 Å². The number of nitrogens with one attached hydrogen (secondary N) is 1. The quantitative estimate of drug-likeness (QED) is 0.858. The van der Waals surface area contributed by atoms with Gasteiger partial charge in [-0.05, 0) is 46.3 Å². The molecular weight excluding hydrogens is 242 g/mol. The minimum atomic E-state index is 0.247. The van der Waals surface area contributed by atoms with Gasteiger partial charge in [0.15, 0.2) is 0 Å². The van der Waals surface area contributed by atoms with E-state index in [2.05, 4.69) is 41.5 Å². The number of hydrogen-bond acceptors (Lipinski definition) is 4. The molecule has 102 valence electrons. The molecular formula is C14H25N3S. The normalized spacial score (nSPS) is 21.9. The van der Waals surface area contributed by atoms with Gasteiger partial charge in [0, 0.05) is 29.6 Å². The molecule has 1 fully saturated rings. The Hall–Kier alpha value is -0.450. The maximum Gasteiger partial charge on any atom is 0.0941 e. The fourth-order valence-corrected chi connectivity index (χ4v) is 3.74. The lowest BCUT2D eigenvalue weighted by molar-refractivity contribution is 0.0873. The minimum absolute atomic E-state index is 0.247. The van der Waals surface area contributed by atoms with E-state index in [1.807, 2.05) is 6.20 Å². The van der Waals surface area contributed by atoms with Crippen molar-refractivity contribution in [3.63, 3.8) is 0 Å². The average Bonchev–Trinajstić information content (AvgIpc) is 3.07. The summed E-state index contributed by atoms with van der Waals surface area (Å²) in [6.07, 6.45) is 6.83. The van der Waals surface area contributed by atoms with E-state index in [1.165, 1.54) is 37.4 Å². The van der Waals surface area contributed by atoms with Crippen molar-refractivity contribution in [2.45, 2.75) is 51.1 Å². The van der Waals surface area contributed by atoms with E-state index in [0.717, 1.165) is 6.42 Å². The van der Waals surface area contributed by atoms with Crippen molar-refractivity contribution >= 4 is 11.3 Å². The Labute approximate surface area is 115 Å². The highest BCUT2D eigenvalue weighted by atomic mass is 32.1. The monoisotopic (exact) mass is 267 g/mol. The first-order valence-electron chi connectivity index (χ1n) is 7.01. The van der Waals surface area contributed by atoms with Crippen LogP contribution in [0.3, 0.4) is 0 Å². The van der Waals surface area contributed by atoms with Gasteiger partial charge in [0.25, 0.3) is 0 Å². The summed E-state index contributed by atoms with van der Waals surface area (Å²) in [7, 11) is 2.09. The lowest BCUT2D eigenvalue weighted by atomic mass is 9.85. The zero-order chi connectivity index (χ0) is 13.0. The molecule has 18 heavy (non-hydrogen) atoms. The van der Waals surface area contributed by atoms with E-state index in [4.69, 9.17) is 0 Å². The zero-order valence-corrected chi connectivity index (χ0v) is 12.6. The van der Waals surface area contributed by atoms with Crippen molar-refractivity contribution in [3.05, 3.63) is 16.6 Å². The number of likely N-dealkylation sites (tertiary alicyclic amines) is 1. The number of aromatic nitrogens is 1. The first-order chi connectivity index (χ1) is 8.70. The Balaban J connectivity index is 2.11. The van der Waals surface area contributed by atoms with E-state index in [-0.39, 0.29) is 5.54 Å².